The minimum absolute atomic E-state index is 0.0379. The molecule has 0 radical (unpaired) electrons. The van der Waals surface area contributed by atoms with Crippen molar-refractivity contribution in [3.63, 3.8) is 0 Å². The summed E-state index contributed by atoms with van der Waals surface area (Å²) in [6.45, 7) is 9.26. The smallest absolute Gasteiger partial charge is 0.248 e. The van der Waals surface area contributed by atoms with Crippen LogP contribution >= 0.6 is 0 Å². The van der Waals surface area contributed by atoms with Crippen molar-refractivity contribution in [3.8, 4) is 11.3 Å². The predicted molar refractivity (Wildman–Crippen MR) is 159 cm³/mol. The lowest BCUT2D eigenvalue weighted by atomic mass is 10.1. The quantitative estimate of drug-likeness (QED) is 0.288. The first-order valence-electron chi connectivity index (χ1n) is 14.3. The van der Waals surface area contributed by atoms with Gasteiger partial charge in [0.05, 0.1) is 35.9 Å². The zero-order valence-corrected chi connectivity index (χ0v) is 24.6. The summed E-state index contributed by atoms with van der Waals surface area (Å²) < 4.78 is 40.9. The van der Waals surface area contributed by atoms with Crippen molar-refractivity contribution in [2.45, 2.75) is 52.3 Å². The van der Waals surface area contributed by atoms with Gasteiger partial charge in [-0.2, -0.15) is 0 Å². The summed E-state index contributed by atoms with van der Waals surface area (Å²) in [4.78, 5) is 29.8. The number of aromatic amines is 1. The van der Waals surface area contributed by atoms with Crippen LogP contribution in [0.5, 0.6) is 0 Å². The van der Waals surface area contributed by atoms with Gasteiger partial charge in [0.2, 0.25) is 11.5 Å². The fourth-order valence-electron chi connectivity index (χ4n) is 5.51. The molecule has 0 saturated carbocycles. The van der Waals surface area contributed by atoms with Crippen LogP contribution in [-0.2, 0) is 22.8 Å². The molecule has 0 bridgehead atoms. The van der Waals surface area contributed by atoms with Gasteiger partial charge in [-0.05, 0) is 57.1 Å². The first-order chi connectivity index (χ1) is 20.2. The Morgan fingerprint density at radius 1 is 1.10 bits per heavy atom. The molecular formula is C30H39F2N7O3. The Kier molecular flexibility index (Phi) is 9.34. The van der Waals surface area contributed by atoms with E-state index in [-0.39, 0.29) is 36.9 Å². The van der Waals surface area contributed by atoms with Crippen molar-refractivity contribution < 1.29 is 18.3 Å². The van der Waals surface area contributed by atoms with Crippen LogP contribution in [0.2, 0.25) is 0 Å². The Bertz CT molecular complexity index is 1430. The lowest BCUT2D eigenvalue weighted by Crippen LogP contribution is -2.50. The maximum atomic E-state index is 15.8. The third kappa shape index (κ3) is 6.88. The second-order valence-corrected chi connectivity index (χ2v) is 11.2. The van der Waals surface area contributed by atoms with Crippen LogP contribution in [0.1, 0.15) is 31.9 Å². The molecule has 10 nitrogen and oxygen atoms in total. The first kappa shape index (κ1) is 29.9. The van der Waals surface area contributed by atoms with Crippen LogP contribution in [0.3, 0.4) is 0 Å². The number of likely N-dealkylation sites (N-methyl/N-ethyl adjacent to an activating group) is 1. The normalized spacial score (nSPS) is 21.5. The second-order valence-electron chi connectivity index (χ2n) is 11.2. The number of morpholine rings is 1. The monoisotopic (exact) mass is 583 g/mol. The minimum atomic E-state index is -0.758. The van der Waals surface area contributed by atoms with Crippen molar-refractivity contribution in [1.29, 1.82) is 0 Å². The summed E-state index contributed by atoms with van der Waals surface area (Å²) in [5.74, 6) is 0.158. The average molecular weight is 584 g/mol. The topological polar surface area (TPSA) is 98.8 Å². The number of piperazine rings is 1. The molecule has 2 aliphatic rings. The molecular weight excluding hydrogens is 544 g/mol. The van der Waals surface area contributed by atoms with Crippen molar-refractivity contribution in [1.82, 2.24) is 19.9 Å². The standard InChI is InChI=1S/C30H39F2N7O3/c1-19-14-38(8-7-37(19)4)28-11-25(32)24(26-5-6-33-30(36-26)39-15-20(2)42-21(3)16-39)10-27(28)35-18-41-17-23-13-34-29(40)9-22(23)12-31/h5-6,9-11,13,19-21,35H,7-8,12,14-18H2,1-4H3,(H,34,40)/t19-,20-,21+/m0/s1. The third-order valence-electron chi connectivity index (χ3n) is 7.88. The number of pyridine rings is 1. The van der Waals surface area contributed by atoms with Gasteiger partial charge in [0.1, 0.15) is 19.2 Å². The fourth-order valence-corrected chi connectivity index (χ4v) is 5.51. The van der Waals surface area contributed by atoms with Gasteiger partial charge >= 0.3 is 0 Å². The molecule has 0 amide bonds. The Hall–Kier alpha value is -3.61. The molecule has 2 aliphatic heterocycles. The summed E-state index contributed by atoms with van der Waals surface area (Å²) in [5, 5.41) is 3.30. The van der Waals surface area contributed by atoms with Crippen molar-refractivity contribution in [2.75, 3.05) is 61.6 Å². The number of hydrogen-bond acceptors (Lipinski definition) is 9. The van der Waals surface area contributed by atoms with Crippen LogP contribution in [0.15, 0.2) is 41.5 Å². The molecule has 0 aliphatic carbocycles. The molecule has 2 fully saturated rings. The molecule has 42 heavy (non-hydrogen) atoms. The largest absolute Gasteiger partial charge is 0.372 e. The van der Waals surface area contributed by atoms with Crippen molar-refractivity contribution in [3.05, 3.63) is 64.0 Å². The van der Waals surface area contributed by atoms with Crippen LogP contribution < -0.4 is 20.7 Å². The number of aromatic nitrogens is 3. The van der Waals surface area contributed by atoms with Gasteiger partial charge in [0, 0.05) is 62.8 Å². The molecule has 1 aromatic carbocycles. The lowest BCUT2D eigenvalue weighted by Gasteiger charge is -2.39. The van der Waals surface area contributed by atoms with Gasteiger partial charge in [-0.25, -0.2) is 18.7 Å². The molecule has 12 heteroatoms. The second kappa shape index (κ2) is 13.1. The zero-order chi connectivity index (χ0) is 29.8. The van der Waals surface area contributed by atoms with Gasteiger partial charge in [-0.3, -0.25) is 4.79 Å². The highest BCUT2D eigenvalue weighted by molar-refractivity contribution is 5.78. The van der Waals surface area contributed by atoms with Crippen LogP contribution in [0.25, 0.3) is 11.3 Å². The highest BCUT2D eigenvalue weighted by Crippen LogP contribution is 2.35. The minimum Gasteiger partial charge on any atom is -0.372 e. The van der Waals surface area contributed by atoms with Gasteiger partial charge < -0.3 is 34.5 Å². The predicted octanol–water partition coefficient (Wildman–Crippen LogP) is 3.78. The molecule has 3 atom stereocenters. The summed E-state index contributed by atoms with van der Waals surface area (Å²) >= 11 is 0. The number of anilines is 3. The van der Waals surface area contributed by atoms with Gasteiger partial charge in [0.25, 0.3) is 0 Å². The molecule has 2 saturated heterocycles. The van der Waals surface area contributed by atoms with E-state index in [2.05, 4.69) is 44.0 Å². The Labute approximate surface area is 244 Å². The average Bonchev–Trinajstić information content (AvgIpc) is 2.97. The Morgan fingerprint density at radius 2 is 1.88 bits per heavy atom. The van der Waals surface area contributed by atoms with E-state index in [0.29, 0.717) is 53.2 Å². The van der Waals surface area contributed by atoms with Crippen LogP contribution in [0, 0.1) is 5.82 Å². The number of ether oxygens (including phenoxy) is 2. The van der Waals surface area contributed by atoms with E-state index in [1.54, 1.807) is 24.4 Å². The Morgan fingerprint density at radius 3 is 2.62 bits per heavy atom. The maximum Gasteiger partial charge on any atom is 0.248 e. The molecule has 5 rings (SSSR count). The number of nitrogens with one attached hydrogen (secondary N) is 2. The fraction of sp³-hybridized carbons (Fsp3) is 0.500. The van der Waals surface area contributed by atoms with E-state index < -0.39 is 6.67 Å². The van der Waals surface area contributed by atoms with E-state index in [4.69, 9.17) is 14.5 Å². The molecule has 3 aromatic rings. The first-order valence-corrected chi connectivity index (χ1v) is 14.3. The van der Waals surface area contributed by atoms with E-state index >= 15 is 4.39 Å². The van der Waals surface area contributed by atoms with Gasteiger partial charge in [0.15, 0.2) is 0 Å². The third-order valence-corrected chi connectivity index (χ3v) is 7.88. The number of H-pyrrole nitrogens is 1. The number of nitrogens with zero attached hydrogens (tertiary/aromatic N) is 5. The summed E-state index contributed by atoms with van der Waals surface area (Å²) in [7, 11) is 2.09. The van der Waals surface area contributed by atoms with Crippen molar-refractivity contribution >= 4 is 17.3 Å². The van der Waals surface area contributed by atoms with E-state index in [9.17, 15) is 9.18 Å². The molecule has 0 unspecified atom stereocenters. The molecule has 4 heterocycles. The van der Waals surface area contributed by atoms with Gasteiger partial charge in [-0.15, -0.1) is 0 Å². The zero-order valence-electron chi connectivity index (χ0n) is 24.6. The van der Waals surface area contributed by atoms with E-state index in [0.717, 1.165) is 25.3 Å². The maximum absolute atomic E-state index is 15.8. The number of hydrogen-bond donors (Lipinski definition) is 2. The molecule has 226 valence electrons. The number of halogens is 2. The Balaban J connectivity index is 1.41. The van der Waals surface area contributed by atoms with E-state index in [1.165, 1.54) is 12.3 Å². The number of rotatable bonds is 9. The van der Waals surface area contributed by atoms with Gasteiger partial charge in [-0.1, -0.05) is 0 Å². The highest BCUT2D eigenvalue weighted by atomic mass is 19.1. The van der Waals surface area contributed by atoms with E-state index in [1.807, 2.05) is 13.8 Å². The molecule has 0 spiro atoms. The van der Waals surface area contributed by atoms with Crippen LogP contribution in [0.4, 0.5) is 26.1 Å². The lowest BCUT2D eigenvalue weighted by molar-refractivity contribution is -0.00571. The van der Waals surface area contributed by atoms with Crippen LogP contribution in [-0.4, -0.2) is 84.6 Å². The summed E-state index contributed by atoms with van der Waals surface area (Å²) in [6.07, 6.45) is 3.19. The SMILES string of the molecule is C[C@@H]1CN(c2nccc(-c3cc(NCOCc4c[nH]c(=O)cc4CF)c(N4CCN(C)[C@@H](C)C4)cc3F)n2)C[C@H](C)O1. The summed E-state index contributed by atoms with van der Waals surface area (Å²) in [5.41, 5.74) is 2.75. The number of benzene rings is 1. The highest BCUT2D eigenvalue weighted by Gasteiger charge is 2.26. The van der Waals surface area contributed by atoms with Crippen molar-refractivity contribution in [2.24, 2.45) is 0 Å². The number of alkyl halides is 1. The molecule has 2 aromatic heterocycles. The molecule has 2 N–H and O–H groups in total. The summed E-state index contributed by atoms with van der Waals surface area (Å²) in [6, 6.07) is 6.56.